The molecule has 1 fully saturated rings. The standard InChI is InChI=1S/C15H32N2OS/c1-14(2,3)16(5)12-11-15(4)10-9-13(18)17(15)19(6,7)8/h9-12H2,1-8H3. The molecule has 3 nitrogen and oxygen atoms in total. The maximum Gasteiger partial charge on any atom is 0.231 e. The lowest BCUT2D eigenvalue weighted by atomic mass is 9.94. The van der Waals surface area contributed by atoms with E-state index in [0.29, 0.717) is 5.91 Å². The van der Waals surface area contributed by atoms with Crippen molar-refractivity contribution in [3.63, 3.8) is 0 Å². The molecule has 0 radical (unpaired) electrons. The predicted molar refractivity (Wildman–Crippen MR) is 86.8 cm³/mol. The largest absolute Gasteiger partial charge is 0.301 e. The van der Waals surface area contributed by atoms with Gasteiger partial charge in [0, 0.05) is 18.5 Å². The molecular formula is C15H32N2OS. The molecule has 1 unspecified atom stereocenters. The average Bonchev–Trinajstić information content (AvgIpc) is 2.49. The molecule has 114 valence electrons. The monoisotopic (exact) mass is 288 g/mol. The van der Waals surface area contributed by atoms with E-state index in [0.717, 1.165) is 25.8 Å². The topological polar surface area (TPSA) is 23.6 Å². The molecule has 1 atom stereocenters. The van der Waals surface area contributed by atoms with Gasteiger partial charge in [-0.15, -0.1) is 0 Å². The Bertz CT molecular complexity index is 343. The van der Waals surface area contributed by atoms with Crippen LogP contribution in [0.2, 0.25) is 0 Å². The lowest BCUT2D eigenvalue weighted by molar-refractivity contribution is -0.125. The number of hydrogen-bond donors (Lipinski definition) is 0. The van der Waals surface area contributed by atoms with Gasteiger partial charge in [-0.2, -0.15) is 10.2 Å². The second kappa shape index (κ2) is 5.28. The molecule has 0 aliphatic carbocycles. The Morgan fingerprint density at radius 3 is 2.26 bits per heavy atom. The number of amides is 1. The number of nitrogens with zero attached hydrogens (tertiary/aromatic N) is 2. The summed E-state index contributed by atoms with van der Waals surface area (Å²) in [6.07, 6.45) is 9.47. The van der Waals surface area contributed by atoms with Gasteiger partial charge in [0.05, 0.1) is 5.54 Å². The molecule has 0 spiro atoms. The zero-order valence-corrected chi connectivity index (χ0v) is 14.9. The minimum absolute atomic E-state index is 0.0458. The van der Waals surface area contributed by atoms with E-state index in [1.165, 1.54) is 0 Å². The fourth-order valence-electron chi connectivity index (χ4n) is 2.82. The molecule has 0 aromatic carbocycles. The first-order valence-electron chi connectivity index (χ1n) is 7.11. The maximum atomic E-state index is 12.2. The van der Waals surface area contributed by atoms with Gasteiger partial charge >= 0.3 is 0 Å². The van der Waals surface area contributed by atoms with E-state index >= 15 is 0 Å². The van der Waals surface area contributed by atoms with Crippen molar-refractivity contribution in [3.8, 4) is 0 Å². The Balaban J connectivity index is 2.78. The average molecular weight is 289 g/mol. The van der Waals surface area contributed by atoms with Gasteiger partial charge in [0.25, 0.3) is 0 Å². The van der Waals surface area contributed by atoms with Gasteiger partial charge in [0.2, 0.25) is 5.91 Å². The predicted octanol–water partition coefficient (Wildman–Crippen LogP) is 3.10. The quantitative estimate of drug-likeness (QED) is 0.793. The molecule has 0 aromatic heterocycles. The van der Waals surface area contributed by atoms with E-state index in [4.69, 9.17) is 0 Å². The molecular weight excluding hydrogens is 256 g/mol. The minimum atomic E-state index is -0.977. The lowest BCUT2D eigenvalue weighted by Gasteiger charge is -2.48. The molecule has 1 amide bonds. The van der Waals surface area contributed by atoms with Crippen LogP contribution in [0.15, 0.2) is 0 Å². The van der Waals surface area contributed by atoms with E-state index in [9.17, 15) is 4.79 Å². The Morgan fingerprint density at radius 1 is 1.32 bits per heavy atom. The second-order valence-corrected chi connectivity index (χ2v) is 11.7. The first kappa shape index (κ1) is 16.8. The lowest BCUT2D eigenvalue weighted by Crippen LogP contribution is -2.47. The third-order valence-corrected chi connectivity index (χ3v) is 6.01. The summed E-state index contributed by atoms with van der Waals surface area (Å²) in [7, 11) is 1.20. The smallest absolute Gasteiger partial charge is 0.231 e. The van der Waals surface area contributed by atoms with Crippen LogP contribution in [0.5, 0.6) is 0 Å². The van der Waals surface area contributed by atoms with E-state index in [-0.39, 0.29) is 11.1 Å². The van der Waals surface area contributed by atoms with Crippen molar-refractivity contribution in [2.75, 3.05) is 32.4 Å². The molecule has 1 saturated heterocycles. The van der Waals surface area contributed by atoms with Crippen LogP contribution < -0.4 is 0 Å². The Hall–Kier alpha value is -0.220. The SMILES string of the molecule is CN(CCC1(C)CCC(=O)N1S(C)(C)C)C(C)(C)C. The van der Waals surface area contributed by atoms with Crippen LogP contribution >= 0.6 is 10.2 Å². The van der Waals surface area contributed by atoms with Crippen molar-refractivity contribution in [1.29, 1.82) is 0 Å². The minimum Gasteiger partial charge on any atom is -0.301 e. The molecule has 19 heavy (non-hydrogen) atoms. The maximum absolute atomic E-state index is 12.2. The van der Waals surface area contributed by atoms with Gasteiger partial charge in [0.1, 0.15) is 0 Å². The fourth-order valence-corrected chi connectivity index (χ4v) is 5.02. The fraction of sp³-hybridized carbons (Fsp3) is 0.933. The van der Waals surface area contributed by atoms with Gasteiger partial charge in [-0.25, -0.2) is 0 Å². The summed E-state index contributed by atoms with van der Waals surface area (Å²) in [5, 5.41) is 0. The van der Waals surface area contributed by atoms with Crippen LogP contribution in [0.25, 0.3) is 0 Å². The number of carbonyl (C=O) groups excluding carboxylic acids is 1. The molecule has 0 saturated carbocycles. The zero-order valence-electron chi connectivity index (χ0n) is 14.0. The molecule has 0 bridgehead atoms. The third kappa shape index (κ3) is 3.88. The normalized spacial score (nSPS) is 26.4. The first-order valence-corrected chi connectivity index (χ1v) is 9.92. The van der Waals surface area contributed by atoms with Crippen LogP contribution in [-0.2, 0) is 4.79 Å². The summed E-state index contributed by atoms with van der Waals surface area (Å²) in [5.41, 5.74) is 0.239. The summed E-state index contributed by atoms with van der Waals surface area (Å²) in [6.45, 7) is 10.0. The van der Waals surface area contributed by atoms with Crippen molar-refractivity contribution < 1.29 is 4.79 Å². The highest BCUT2D eigenvalue weighted by molar-refractivity contribution is 8.30. The Kier molecular flexibility index (Phi) is 4.68. The Labute approximate surface area is 121 Å². The van der Waals surface area contributed by atoms with Crippen LogP contribution in [0.4, 0.5) is 0 Å². The summed E-state index contributed by atoms with van der Waals surface area (Å²) < 4.78 is 2.20. The van der Waals surface area contributed by atoms with Gasteiger partial charge < -0.3 is 4.90 Å². The van der Waals surface area contributed by atoms with Crippen LogP contribution in [0.3, 0.4) is 0 Å². The van der Waals surface area contributed by atoms with E-state index in [1.807, 2.05) is 0 Å². The number of rotatable bonds is 4. The van der Waals surface area contributed by atoms with Crippen molar-refractivity contribution >= 4 is 16.1 Å². The molecule has 1 aliphatic heterocycles. The third-order valence-electron chi connectivity index (χ3n) is 4.27. The summed E-state index contributed by atoms with van der Waals surface area (Å²) in [5.74, 6) is 0.350. The van der Waals surface area contributed by atoms with E-state index in [2.05, 4.69) is 62.7 Å². The van der Waals surface area contributed by atoms with Crippen LogP contribution in [-0.4, -0.2) is 58.5 Å². The van der Waals surface area contributed by atoms with Crippen molar-refractivity contribution in [3.05, 3.63) is 0 Å². The van der Waals surface area contributed by atoms with Gasteiger partial charge in [-0.1, -0.05) is 0 Å². The van der Waals surface area contributed by atoms with E-state index < -0.39 is 10.2 Å². The van der Waals surface area contributed by atoms with Crippen molar-refractivity contribution in [1.82, 2.24) is 9.21 Å². The van der Waals surface area contributed by atoms with Gasteiger partial charge in [0.15, 0.2) is 0 Å². The van der Waals surface area contributed by atoms with E-state index in [1.54, 1.807) is 0 Å². The van der Waals surface area contributed by atoms with Crippen LogP contribution in [0, 0.1) is 0 Å². The highest BCUT2D eigenvalue weighted by atomic mass is 32.3. The van der Waals surface area contributed by atoms with Gasteiger partial charge in [-0.3, -0.25) is 9.10 Å². The molecule has 4 heteroatoms. The highest BCUT2D eigenvalue weighted by Crippen LogP contribution is 2.51. The number of carbonyl (C=O) groups is 1. The zero-order chi connectivity index (χ0) is 15.1. The summed E-state index contributed by atoms with van der Waals surface area (Å²) in [4.78, 5) is 14.6. The van der Waals surface area contributed by atoms with Crippen molar-refractivity contribution in [2.45, 2.75) is 58.0 Å². The number of hydrogen-bond acceptors (Lipinski definition) is 2. The summed E-state index contributed by atoms with van der Waals surface area (Å²) >= 11 is 0. The van der Waals surface area contributed by atoms with Crippen LogP contribution in [0.1, 0.15) is 47.0 Å². The molecule has 0 aromatic rings. The summed E-state index contributed by atoms with van der Waals surface area (Å²) in [6, 6.07) is 0. The second-order valence-electron chi connectivity index (χ2n) is 7.80. The Morgan fingerprint density at radius 2 is 1.84 bits per heavy atom. The molecule has 1 aliphatic rings. The van der Waals surface area contributed by atoms with Crippen molar-refractivity contribution in [2.24, 2.45) is 0 Å². The molecule has 1 heterocycles. The highest BCUT2D eigenvalue weighted by Gasteiger charge is 2.45. The first-order chi connectivity index (χ1) is 8.38. The van der Waals surface area contributed by atoms with Gasteiger partial charge in [-0.05, 0) is 66.4 Å². The molecule has 0 N–H and O–H groups in total. The molecule has 1 rings (SSSR count).